The van der Waals surface area contributed by atoms with E-state index in [-0.39, 0.29) is 0 Å². The van der Waals surface area contributed by atoms with Crippen LogP contribution in [0.1, 0.15) is 25.1 Å². The van der Waals surface area contributed by atoms with Crippen molar-refractivity contribution in [2.75, 3.05) is 0 Å². The van der Waals surface area contributed by atoms with Crippen molar-refractivity contribution < 1.29 is 0 Å². The first-order chi connectivity index (χ1) is 8.16. The Morgan fingerprint density at radius 2 is 2.00 bits per heavy atom. The summed E-state index contributed by atoms with van der Waals surface area (Å²) < 4.78 is 1.94. The molecule has 3 heteroatoms. The average Bonchev–Trinajstić information content (AvgIpc) is 2.73. The average molecular weight is 229 g/mol. The van der Waals surface area contributed by atoms with Gasteiger partial charge in [0.2, 0.25) is 0 Å². The Morgan fingerprint density at radius 3 is 2.65 bits per heavy atom. The van der Waals surface area contributed by atoms with E-state index in [9.17, 15) is 0 Å². The van der Waals surface area contributed by atoms with Crippen molar-refractivity contribution in [3.8, 4) is 5.69 Å². The van der Waals surface area contributed by atoms with E-state index in [0.29, 0.717) is 6.04 Å². The number of rotatable bonds is 4. The maximum absolute atomic E-state index is 4.46. The molecule has 0 saturated heterocycles. The van der Waals surface area contributed by atoms with Crippen LogP contribution in [0.5, 0.6) is 0 Å². The van der Waals surface area contributed by atoms with Crippen LogP contribution in [0.25, 0.3) is 5.69 Å². The highest BCUT2D eigenvalue weighted by Gasteiger charge is 2.05. The van der Waals surface area contributed by atoms with Gasteiger partial charge in [0.05, 0.1) is 11.4 Å². The molecule has 1 heterocycles. The van der Waals surface area contributed by atoms with Crippen molar-refractivity contribution in [3.63, 3.8) is 0 Å². The smallest absolute Gasteiger partial charge is 0.0690 e. The van der Waals surface area contributed by atoms with Crippen molar-refractivity contribution >= 4 is 0 Å². The summed E-state index contributed by atoms with van der Waals surface area (Å²) in [7, 11) is 0. The summed E-state index contributed by atoms with van der Waals surface area (Å²) in [5.41, 5.74) is 3.45. The first-order valence-corrected chi connectivity index (χ1v) is 6.01. The largest absolute Gasteiger partial charge is 0.310 e. The highest BCUT2D eigenvalue weighted by Crippen LogP contribution is 2.14. The fourth-order valence-electron chi connectivity index (χ4n) is 1.75. The highest BCUT2D eigenvalue weighted by atomic mass is 15.3. The van der Waals surface area contributed by atoms with E-state index in [1.807, 2.05) is 29.9 Å². The highest BCUT2D eigenvalue weighted by molar-refractivity contribution is 5.40. The van der Waals surface area contributed by atoms with Gasteiger partial charge in [0.15, 0.2) is 0 Å². The predicted octanol–water partition coefficient (Wildman–Crippen LogP) is 2.68. The Labute approximate surface area is 102 Å². The normalized spacial score (nSPS) is 11.1. The fraction of sp³-hybridized carbons (Fsp3) is 0.357. The second-order valence-electron chi connectivity index (χ2n) is 4.57. The molecule has 0 spiro atoms. The molecular formula is C14H19N3. The Kier molecular flexibility index (Phi) is 3.59. The second kappa shape index (κ2) is 5.15. The third-order valence-electron chi connectivity index (χ3n) is 2.66. The van der Waals surface area contributed by atoms with Crippen LogP contribution in [0.15, 0.2) is 36.5 Å². The molecule has 1 N–H and O–H groups in total. The minimum absolute atomic E-state index is 0.488. The standard InChI is InChI=1S/C14H19N3/c1-11(2)15-10-13-6-4-5-7-14(13)17-9-8-12(3)16-17/h4-9,11,15H,10H2,1-3H3. The van der Waals surface area contributed by atoms with E-state index in [4.69, 9.17) is 0 Å². The number of nitrogens with one attached hydrogen (secondary N) is 1. The van der Waals surface area contributed by atoms with Crippen LogP contribution in [-0.4, -0.2) is 15.8 Å². The molecule has 2 rings (SSSR count). The van der Waals surface area contributed by atoms with Gasteiger partial charge in [-0.15, -0.1) is 0 Å². The van der Waals surface area contributed by atoms with Gasteiger partial charge in [-0.05, 0) is 24.6 Å². The van der Waals surface area contributed by atoms with Crippen molar-refractivity contribution in [1.82, 2.24) is 15.1 Å². The summed E-state index contributed by atoms with van der Waals surface area (Å²) in [6.45, 7) is 7.18. The van der Waals surface area contributed by atoms with Gasteiger partial charge >= 0.3 is 0 Å². The van der Waals surface area contributed by atoms with Crippen LogP contribution < -0.4 is 5.32 Å². The quantitative estimate of drug-likeness (QED) is 0.873. The lowest BCUT2D eigenvalue weighted by molar-refractivity contribution is 0.586. The van der Waals surface area contributed by atoms with Gasteiger partial charge in [-0.3, -0.25) is 0 Å². The van der Waals surface area contributed by atoms with Crippen molar-refractivity contribution in [2.45, 2.75) is 33.4 Å². The van der Waals surface area contributed by atoms with Gasteiger partial charge < -0.3 is 5.32 Å². The molecule has 0 aliphatic carbocycles. The Balaban J connectivity index is 2.27. The van der Waals surface area contributed by atoms with Crippen molar-refractivity contribution in [3.05, 3.63) is 47.8 Å². The van der Waals surface area contributed by atoms with Gasteiger partial charge in [-0.25, -0.2) is 4.68 Å². The molecule has 17 heavy (non-hydrogen) atoms. The fourth-order valence-corrected chi connectivity index (χ4v) is 1.75. The van der Waals surface area contributed by atoms with E-state index >= 15 is 0 Å². The molecule has 1 aromatic heterocycles. The number of nitrogens with zero attached hydrogens (tertiary/aromatic N) is 2. The molecule has 1 aromatic carbocycles. The number of aryl methyl sites for hydroxylation is 1. The molecule has 0 aliphatic heterocycles. The summed E-state index contributed by atoms with van der Waals surface area (Å²) in [5, 5.41) is 7.90. The van der Waals surface area contributed by atoms with Crippen LogP contribution in [-0.2, 0) is 6.54 Å². The lowest BCUT2D eigenvalue weighted by Crippen LogP contribution is -2.22. The topological polar surface area (TPSA) is 29.9 Å². The van der Waals surface area contributed by atoms with E-state index in [1.165, 1.54) is 5.56 Å². The first kappa shape index (κ1) is 11.9. The SMILES string of the molecule is Cc1ccn(-c2ccccc2CNC(C)C)n1. The van der Waals surface area contributed by atoms with Crippen molar-refractivity contribution in [2.24, 2.45) is 0 Å². The number of hydrogen-bond acceptors (Lipinski definition) is 2. The third-order valence-corrected chi connectivity index (χ3v) is 2.66. The van der Waals surface area contributed by atoms with Gasteiger partial charge in [0.1, 0.15) is 0 Å². The van der Waals surface area contributed by atoms with Gasteiger partial charge in [0, 0.05) is 18.8 Å². The number of hydrogen-bond donors (Lipinski definition) is 1. The molecule has 0 unspecified atom stereocenters. The molecule has 3 nitrogen and oxygen atoms in total. The lowest BCUT2D eigenvalue weighted by atomic mass is 10.1. The van der Waals surface area contributed by atoms with Crippen LogP contribution in [0.4, 0.5) is 0 Å². The first-order valence-electron chi connectivity index (χ1n) is 6.01. The molecule has 90 valence electrons. The maximum Gasteiger partial charge on any atom is 0.0690 e. The Bertz CT molecular complexity index is 486. The van der Waals surface area contributed by atoms with E-state index in [2.05, 4.69) is 42.5 Å². The minimum Gasteiger partial charge on any atom is -0.310 e. The summed E-state index contributed by atoms with van der Waals surface area (Å²) >= 11 is 0. The molecule has 0 atom stereocenters. The molecule has 0 bridgehead atoms. The molecule has 0 saturated carbocycles. The second-order valence-corrected chi connectivity index (χ2v) is 4.57. The van der Waals surface area contributed by atoms with Crippen LogP contribution in [0.2, 0.25) is 0 Å². The third kappa shape index (κ3) is 2.94. The van der Waals surface area contributed by atoms with Gasteiger partial charge in [-0.2, -0.15) is 5.10 Å². The summed E-state index contributed by atoms with van der Waals surface area (Å²) in [6, 6.07) is 10.9. The Hall–Kier alpha value is -1.61. The van der Waals surface area contributed by atoms with Crippen LogP contribution in [0, 0.1) is 6.92 Å². The minimum atomic E-state index is 0.488. The Morgan fingerprint density at radius 1 is 1.24 bits per heavy atom. The molecular weight excluding hydrogens is 210 g/mol. The molecule has 0 aliphatic rings. The monoisotopic (exact) mass is 229 g/mol. The number of benzene rings is 1. The number of aromatic nitrogens is 2. The zero-order valence-corrected chi connectivity index (χ0v) is 10.6. The maximum atomic E-state index is 4.46. The lowest BCUT2D eigenvalue weighted by Gasteiger charge is -2.12. The van der Waals surface area contributed by atoms with Gasteiger partial charge in [-0.1, -0.05) is 32.0 Å². The van der Waals surface area contributed by atoms with Crippen LogP contribution in [0.3, 0.4) is 0 Å². The summed E-state index contributed by atoms with van der Waals surface area (Å²) in [5.74, 6) is 0. The molecule has 0 fully saturated rings. The number of para-hydroxylation sites is 1. The van der Waals surface area contributed by atoms with E-state index in [0.717, 1.165) is 17.9 Å². The zero-order valence-electron chi connectivity index (χ0n) is 10.6. The molecule has 0 amide bonds. The van der Waals surface area contributed by atoms with Gasteiger partial charge in [0.25, 0.3) is 0 Å². The summed E-state index contributed by atoms with van der Waals surface area (Å²) in [6.07, 6.45) is 2.00. The zero-order chi connectivity index (χ0) is 12.3. The molecule has 2 aromatic rings. The van der Waals surface area contributed by atoms with E-state index < -0.39 is 0 Å². The predicted molar refractivity (Wildman–Crippen MR) is 70.3 cm³/mol. The van der Waals surface area contributed by atoms with Crippen molar-refractivity contribution in [1.29, 1.82) is 0 Å². The molecule has 0 radical (unpaired) electrons. The van der Waals surface area contributed by atoms with Crippen LogP contribution >= 0.6 is 0 Å². The summed E-state index contributed by atoms with van der Waals surface area (Å²) in [4.78, 5) is 0. The van der Waals surface area contributed by atoms with E-state index in [1.54, 1.807) is 0 Å².